The number of nitriles is 1. The molecule has 0 fully saturated rings. The first-order valence-electron chi connectivity index (χ1n) is 3.75. The fourth-order valence-corrected chi connectivity index (χ4v) is 1.11. The van der Waals surface area contributed by atoms with Crippen molar-refractivity contribution in [3.63, 3.8) is 0 Å². The fraction of sp³-hybridized carbons (Fsp3) is 0.333. The molecule has 0 atom stereocenters. The van der Waals surface area contributed by atoms with Gasteiger partial charge in [0.1, 0.15) is 11.1 Å². The van der Waals surface area contributed by atoms with E-state index < -0.39 is 0 Å². The molecule has 12 heavy (non-hydrogen) atoms. The minimum atomic E-state index is 0.378. The quantitative estimate of drug-likeness (QED) is 0.670. The molecule has 0 amide bonds. The minimum Gasteiger partial charge on any atom is -0.245 e. The van der Waals surface area contributed by atoms with E-state index in [2.05, 4.69) is 31.5 Å². The molecule has 0 saturated heterocycles. The summed E-state index contributed by atoms with van der Waals surface area (Å²) in [5, 5.41) is 9.13. The van der Waals surface area contributed by atoms with Gasteiger partial charge in [0, 0.05) is 5.69 Å². The zero-order chi connectivity index (χ0) is 9.14. The predicted octanol–water partition coefficient (Wildman–Crippen LogP) is 2.37. The summed E-state index contributed by atoms with van der Waals surface area (Å²) in [5.74, 6) is 0.378. The molecule has 0 aromatic carbocycles. The van der Waals surface area contributed by atoms with Crippen LogP contribution in [0.15, 0.2) is 17.2 Å². The SMILES string of the molecule is CC(C)c1ccc(C#N)c(S)n1. The summed E-state index contributed by atoms with van der Waals surface area (Å²) in [6.45, 7) is 4.11. The number of hydrogen-bond donors (Lipinski definition) is 1. The minimum absolute atomic E-state index is 0.378. The standard InChI is InChI=1S/C9H10N2S/c1-6(2)8-4-3-7(5-10)9(12)11-8/h3-4,6H,1-2H3,(H,11,12). The third kappa shape index (κ3) is 1.77. The molecule has 0 unspecified atom stereocenters. The van der Waals surface area contributed by atoms with Gasteiger partial charge in [0.15, 0.2) is 0 Å². The molecule has 0 aliphatic rings. The van der Waals surface area contributed by atoms with Crippen molar-refractivity contribution in [3.05, 3.63) is 23.4 Å². The van der Waals surface area contributed by atoms with Crippen molar-refractivity contribution in [1.82, 2.24) is 4.98 Å². The molecule has 1 aromatic rings. The Morgan fingerprint density at radius 2 is 2.17 bits per heavy atom. The molecule has 0 radical (unpaired) electrons. The molecular formula is C9H10N2S. The van der Waals surface area contributed by atoms with Crippen LogP contribution in [0.4, 0.5) is 0 Å². The summed E-state index contributed by atoms with van der Waals surface area (Å²) < 4.78 is 0. The molecule has 1 heterocycles. The molecule has 1 rings (SSSR count). The molecule has 0 aliphatic carbocycles. The second-order valence-electron chi connectivity index (χ2n) is 2.87. The van der Waals surface area contributed by atoms with Gasteiger partial charge in [-0.1, -0.05) is 13.8 Å². The summed E-state index contributed by atoms with van der Waals surface area (Å²) in [6, 6.07) is 5.64. The van der Waals surface area contributed by atoms with Gasteiger partial charge in [-0.3, -0.25) is 0 Å². The Bertz CT molecular complexity index is 326. The molecule has 0 spiro atoms. The van der Waals surface area contributed by atoms with Crippen LogP contribution in [0.3, 0.4) is 0 Å². The van der Waals surface area contributed by atoms with Crippen molar-refractivity contribution in [2.45, 2.75) is 24.8 Å². The molecule has 3 heteroatoms. The fourth-order valence-electron chi connectivity index (χ4n) is 0.872. The van der Waals surface area contributed by atoms with E-state index in [0.29, 0.717) is 16.5 Å². The molecule has 0 saturated carbocycles. The molecule has 0 bridgehead atoms. The van der Waals surface area contributed by atoms with Crippen LogP contribution in [0.1, 0.15) is 31.0 Å². The van der Waals surface area contributed by atoms with E-state index in [9.17, 15) is 0 Å². The average molecular weight is 178 g/mol. The molecule has 1 aromatic heterocycles. The Hall–Kier alpha value is -1.01. The first kappa shape index (κ1) is 9.08. The molecule has 2 nitrogen and oxygen atoms in total. The third-order valence-corrected chi connectivity index (χ3v) is 1.95. The molecule has 62 valence electrons. The van der Waals surface area contributed by atoms with Gasteiger partial charge >= 0.3 is 0 Å². The summed E-state index contributed by atoms with van der Waals surface area (Å²) >= 11 is 4.11. The molecule has 0 aliphatic heterocycles. The zero-order valence-electron chi connectivity index (χ0n) is 7.07. The van der Waals surface area contributed by atoms with Gasteiger partial charge in [0.2, 0.25) is 0 Å². The van der Waals surface area contributed by atoms with Gasteiger partial charge < -0.3 is 0 Å². The summed E-state index contributed by atoms with van der Waals surface area (Å²) in [5.41, 5.74) is 1.50. The number of hydrogen-bond acceptors (Lipinski definition) is 3. The van der Waals surface area contributed by atoms with Gasteiger partial charge in [0.25, 0.3) is 0 Å². The number of rotatable bonds is 1. The van der Waals surface area contributed by atoms with Crippen molar-refractivity contribution in [3.8, 4) is 6.07 Å². The number of pyridine rings is 1. The van der Waals surface area contributed by atoms with Crippen LogP contribution in [0, 0.1) is 11.3 Å². The largest absolute Gasteiger partial charge is 0.245 e. The third-order valence-electron chi connectivity index (χ3n) is 1.61. The summed E-state index contributed by atoms with van der Waals surface area (Å²) in [4.78, 5) is 4.19. The van der Waals surface area contributed by atoms with Crippen molar-refractivity contribution in [1.29, 1.82) is 5.26 Å². The number of nitrogens with zero attached hydrogens (tertiary/aromatic N) is 2. The van der Waals surface area contributed by atoms with E-state index in [1.165, 1.54) is 0 Å². The highest BCUT2D eigenvalue weighted by atomic mass is 32.1. The first-order chi connectivity index (χ1) is 5.65. The van der Waals surface area contributed by atoms with Gasteiger partial charge in [0.05, 0.1) is 5.56 Å². The van der Waals surface area contributed by atoms with Crippen LogP contribution in [0.5, 0.6) is 0 Å². The maximum Gasteiger partial charge on any atom is 0.111 e. The molecule has 0 N–H and O–H groups in total. The first-order valence-corrected chi connectivity index (χ1v) is 4.20. The van der Waals surface area contributed by atoms with E-state index in [4.69, 9.17) is 5.26 Å². The second-order valence-corrected chi connectivity index (χ2v) is 3.30. The van der Waals surface area contributed by atoms with Gasteiger partial charge in [-0.05, 0) is 18.1 Å². The Morgan fingerprint density at radius 3 is 2.58 bits per heavy atom. The lowest BCUT2D eigenvalue weighted by Crippen LogP contribution is -1.94. The van der Waals surface area contributed by atoms with Crippen LogP contribution in [-0.2, 0) is 0 Å². The van der Waals surface area contributed by atoms with Crippen LogP contribution in [-0.4, -0.2) is 4.98 Å². The smallest absolute Gasteiger partial charge is 0.111 e. The monoisotopic (exact) mass is 178 g/mol. The van der Waals surface area contributed by atoms with E-state index in [0.717, 1.165) is 5.69 Å². The van der Waals surface area contributed by atoms with Gasteiger partial charge in [-0.25, -0.2) is 4.98 Å². The lowest BCUT2D eigenvalue weighted by atomic mass is 10.1. The summed E-state index contributed by atoms with van der Waals surface area (Å²) in [7, 11) is 0. The Balaban J connectivity index is 3.12. The van der Waals surface area contributed by atoms with Crippen molar-refractivity contribution in [2.75, 3.05) is 0 Å². The van der Waals surface area contributed by atoms with Crippen LogP contribution < -0.4 is 0 Å². The van der Waals surface area contributed by atoms with Crippen LogP contribution >= 0.6 is 12.6 Å². The van der Waals surface area contributed by atoms with E-state index in [1.54, 1.807) is 6.07 Å². The van der Waals surface area contributed by atoms with Crippen LogP contribution in [0.25, 0.3) is 0 Å². The second kappa shape index (κ2) is 3.59. The average Bonchev–Trinajstić information content (AvgIpc) is 2.04. The maximum absolute atomic E-state index is 8.61. The Kier molecular flexibility index (Phi) is 2.72. The Morgan fingerprint density at radius 1 is 1.50 bits per heavy atom. The summed E-state index contributed by atoms with van der Waals surface area (Å²) in [6.07, 6.45) is 0. The highest BCUT2D eigenvalue weighted by molar-refractivity contribution is 7.80. The lowest BCUT2D eigenvalue weighted by molar-refractivity contribution is 0.802. The normalized spacial score (nSPS) is 9.92. The van der Waals surface area contributed by atoms with Crippen molar-refractivity contribution < 1.29 is 0 Å². The van der Waals surface area contributed by atoms with E-state index >= 15 is 0 Å². The highest BCUT2D eigenvalue weighted by Crippen LogP contribution is 2.16. The zero-order valence-corrected chi connectivity index (χ0v) is 7.97. The number of aromatic nitrogens is 1. The maximum atomic E-state index is 8.61. The highest BCUT2D eigenvalue weighted by Gasteiger charge is 2.04. The molecular weight excluding hydrogens is 168 g/mol. The van der Waals surface area contributed by atoms with Crippen molar-refractivity contribution in [2.24, 2.45) is 0 Å². The van der Waals surface area contributed by atoms with E-state index in [1.807, 2.05) is 12.1 Å². The number of thiol groups is 1. The van der Waals surface area contributed by atoms with Gasteiger partial charge in [-0.15, -0.1) is 12.6 Å². The van der Waals surface area contributed by atoms with E-state index in [-0.39, 0.29) is 0 Å². The Labute approximate surface area is 77.7 Å². The van der Waals surface area contributed by atoms with Crippen LogP contribution in [0.2, 0.25) is 0 Å². The van der Waals surface area contributed by atoms with Crippen molar-refractivity contribution >= 4 is 12.6 Å². The lowest BCUT2D eigenvalue weighted by Gasteiger charge is -2.04. The predicted molar refractivity (Wildman–Crippen MR) is 50.3 cm³/mol. The topological polar surface area (TPSA) is 36.7 Å². The van der Waals surface area contributed by atoms with Gasteiger partial charge in [-0.2, -0.15) is 5.26 Å².